The molecule has 8 rings (SSSR count). The average molecular weight is 842 g/mol. The van der Waals surface area contributed by atoms with Gasteiger partial charge in [0.15, 0.2) is 5.11 Å². The molecule has 1 saturated heterocycles. The summed E-state index contributed by atoms with van der Waals surface area (Å²) in [5, 5.41) is 47.1. The Bertz CT molecular complexity index is 2330. The number of anilines is 1. The number of carbonyl (C=O) groups is 2. The molecule has 5 aromatic carbocycles. The zero-order valence-electron chi connectivity index (χ0n) is 33.8. The number of phenolic OH excluding ortho intramolecular Hbond substituents is 2. The number of aryl methyl sites for hydroxylation is 1. The highest BCUT2D eigenvalue weighted by molar-refractivity contribution is 7.80. The molecule has 2 heterocycles. The number of carbonyl (C=O) groups excluding carboxylic acids is 1. The molecule has 61 heavy (non-hydrogen) atoms. The quantitative estimate of drug-likeness (QED) is 0.0371. The number of benzene rings is 5. The highest BCUT2D eigenvalue weighted by Crippen LogP contribution is 2.50. The van der Waals surface area contributed by atoms with E-state index in [0.29, 0.717) is 96.1 Å². The summed E-state index contributed by atoms with van der Waals surface area (Å²) >= 11 is 5.47. The number of carboxylic acid groups (broad SMARTS) is 1. The molecule has 8 N–H and O–H groups in total. The first-order chi connectivity index (χ1) is 29.7. The molecule has 0 radical (unpaired) electrons. The SMILES string of the molecule is O=C(CCc1cccc(-c2ccc([C@@H]3C[C@H]3NC3CCNCC3)cc2)c1)NCCOCCNC(=S)Nc1ccc(C2c3ccc(O)cc3Oc3cc(O)ccc32)c(C(=O)O)c1. The monoisotopic (exact) mass is 841 g/mol. The van der Waals surface area contributed by atoms with Gasteiger partial charge >= 0.3 is 5.97 Å². The number of piperidine rings is 1. The van der Waals surface area contributed by atoms with Gasteiger partial charge in [0.2, 0.25) is 5.91 Å². The van der Waals surface area contributed by atoms with Crippen LogP contribution in [-0.4, -0.2) is 83.8 Å². The van der Waals surface area contributed by atoms with E-state index in [1.54, 1.807) is 24.3 Å². The molecule has 2 fully saturated rings. The summed E-state index contributed by atoms with van der Waals surface area (Å²) in [6.45, 7) is 3.68. The van der Waals surface area contributed by atoms with E-state index in [-0.39, 0.29) is 23.0 Å². The number of aromatic hydroxyl groups is 2. The molecule has 12 nitrogen and oxygen atoms in total. The molecule has 2 atom stereocenters. The molecule has 3 aliphatic rings. The van der Waals surface area contributed by atoms with Crippen molar-refractivity contribution in [2.75, 3.05) is 44.7 Å². The Labute approximate surface area is 360 Å². The summed E-state index contributed by atoms with van der Waals surface area (Å²) < 4.78 is 11.7. The molecule has 2 aliphatic heterocycles. The second-order valence-corrected chi connectivity index (χ2v) is 16.3. The Kier molecular flexibility index (Phi) is 13.1. The predicted molar refractivity (Wildman–Crippen MR) is 239 cm³/mol. The first-order valence-electron chi connectivity index (χ1n) is 20.9. The number of thiocarbonyl (C=S) groups is 1. The van der Waals surface area contributed by atoms with Gasteiger partial charge in [-0.1, -0.05) is 66.7 Å². The smallest absolute Gasteiger partial charge is 0.336 e. The minimum atomic E-state index is -1.13. The van der Waals surface area contributed by atoms with Crippen LogP contribution in [0, 0.1) is 0 Å². The van der Waals surface area contributed by atoms with Crippen LogP contribution >= 0.6 is 12.2 Å². The largest absolute Gasteiger partial charge is 0.508 e. The van der Waals surface area contributed by atoms with Crippen molar-refractivity contribution in [1.82, 2.24) is 21.3 Å². The Morgan fingerprint density at radius 3 is 2.18 bits per heavy atom. The van der Waals surface area contributed by atoms with Crippen molar-refractivity contribution in [2.24, 2.45) is 0 Å². The van der Waals surface area contributed by atoms with E-state index < -0.39 is 11.9 Å². The molecule has 1 aliphatic carbocycles. The molecular formula is C48H51N5O7S. The summed E-state index contributed by atoms with van der Waals surface area (Å²) in [5.74, 6) is -0.353. The van der Waals surface area contributed by atoms with Crippen LogP contribution in [-0.2, 0) is 16.0 Å². The molecule has 13 heteroatoms. The summed E-state index contributed by atoms with van der Waals surface area (Å²) in [7, 11) is 0. The average Bonchev–Trinajstić information content (AvgIpc) is 4.03. The first-order valence-corrected chi connectivity index (χ1v) is 21.4. The van der Waals surface area contributed by atoms with Crippen LogP contribution < -0.4 is 31.3 Å². The van der Waals surface area contributed by atoms with Crippen LogP contribution in [0.5, 0.6) is 23.0 Å². The minimum Gasteiger partial charge on any atom is -0.508 e. The Hall–Kier alpha value is -5.99. The van der Waals surface area contributed by atoms with Crippen molar-refractivity contribution in [3.63, 3.8) is 0 Å². The van der Waals surface area contributed by atoms with E-state index in [2.05, 4.69) is 75.1 Å². The van der Waals surface area contributed by atoms with E-state index >= 15 is 0 Å². The lowest BCUT2D eigenvalue weighted by molar-refractivity contribution is -0.121. The van der Waals surface area contributed by atoms with Gasteiger partial charge in [0.1, 0.15) is 23.0 Å². The molecule has 1 saturated carbocycles. The maximum atomic E-state index is 12.6. The van der Waals surface area contributed by atoms with Crippen LogP contribution in [0.2, 0.25) is 0 Å². The van der Waals surface area contributed by atoms with Crippen LogP contribution in [0.25, 0.3) is 11.1 Å². The highest BCUT2D eigenvalue weighted by atomic mass is 32.1. The van der Waals surface area contributed by atoms with E-state index in [0.717, 1.165) is 24.2 Å². The van der Waals surface area contributed by atoms with Crippen LogP contribution in [0.1, 0.15) is 75.7 Å². The number of ether oxygens (including phenoxy) is 2. The van der Waals surface area contributed by atoms with Crippen molar-refractivity contribution >= 4 is 34.9 Å². The van der Waals surface area contributed by atoms with E-state index in [4.69, 9.17) is 21.7 Å². The first kappa shape index (κ1) is 41.7. The van der Waals surface area contributed by atoms with Crippen molar-refractivity contribution in [1.29, 1.82) is 0 Å². The van der Waals surface area contributed by atoms with Gasteiger partial charge in [0, 0.05) is 72.4 Å². The molecule has 0 spiro atoms. The Balaban J connectivity index is 0.743. The van der Waals surface area contributed by atoms with Gasteiger partial charge in [-0.15, -0.1) is 0 Å². The highest BCUT2D eigenvalue weighted by Gasteiger charge is 2.39. The number of amides is 1. The standard InChI is InChI=1S/C48H51N5O7S/c54-35-10-13-38-43(26-35)60-44-27-36(55)11-14-39(44)46(38)37-12-9-34(25-41(37)47(57)58)53-48(61)51-21-23-59-22-20-50-45(56)15-4-29-2-1-3-32(24-29)30-5-7-31(8-6-30)40-28-42(40)52-33-16-18-49-19-17-33/h1-3,5-14,24-27,33,40,42,46,49,52,54-55H,4,15-23,28H2,(H,50,56)(H,57,58)(H2,51,53,61)/t40-,42+/m0/s1. The van der Waals surface area contributed by atoms with Gasteiger partial charge in [-0.3, -0.25) is 4.79 Å². The van der Waals surface area contributed by atoms with E-state index in [9.17, 15) is 24.9 Å². The topological polar surface area (TPSA) is 173 Å². The number of nitrogens with one attached hydrogen (secondary N) is 5. The fourth-order valence-electron chi connectivity index (χ4n) is 8.38. The number of hydrogen-bond acceptors (Lipinski definition) is 9. The van der Waals surface area contributed by atoms with Gasteiger partial charge < -0.3 is 51.4 Å². The van der Waals surface area contributed by atoms with Gasteiger partial charge in [0.05, 0.1) is 18.8 Å². The lowest BCUT2D eigenvalue weighted by Crippen LogP contribution is -2.41. The summed E-state index contributed by atoms with van der Waals surface area (Å²) in [6.07, 6.45) is 4.65. The second-order valence-electron chi connectivity index (χ2n) is 15.9. The van der Waals surface area contributed by atoms with Crippen molar-refractivity contribution in [3.05, 3.63) is 137 Å². The Morgan fingerprint density at radius 2 is 1.48 bits per heavy atom. The number of aromatic carboxylic acids is 1. The number of phenols is 2. The van der Waals surface area contributed by atoms with Gasteiger partial charge in [-0.25, -0.2) is 4.79 Å². The fourth-order valence-corrected chi connectivity index (χ4v) is 8.60. The zero-order valence-corrected chi connectivity index (χ0v) is 34.6. The van der Waals surface area contributed by atoms with Crippen LogP contribution in [0.3, 0.4) is 0 Å². The van der Waals surface area contributed by atoms with E-state index in [1.165, 1.54) is 60.7 Å². The third kappa shape index (κ3) is 10.5. The molecule has 0 aromatic heterocycles. The molecule has 5 aromatic rings. The van der Waals surface area contributed by atoms with E-state index in [1.807, 2.05) is 0 Å². The van der Waals surface area contributed by atoms with Crippen molar-refractivity contribution < 1.29 is 34.4 Å². The predicted octanol–water partition coefficient (Wildman–Crippen LogP) is 7.00. The number of carboxylic acids is 1. The lowest BCUT2D eigenvalue weighted by Gasteiger charge is -2.30. The van der Waals surface area contributed by atoms with Crippen molar-refractivity contribution in [3.8, 4) is 34.1 Å². The third-order valence-electron chi connectivity index (χ3n) is 11.6. The Morgan fingerprint density at radius 1 is 0.787 bits per heavy atom. The maximum absolute atomic E-state index is 12.6. The molecular weight excluding hydrogens is 791 g/mol. The fraction of sp³-hybridized carbons (Fsp3) is 0.312. The second kappa shape index (κ2) is 19.2. The number of rotatable bonds is 16. The van der Waals surface area contributed by atoms with Crippen LogP contribution in [0.4, 0.5) is 5.69 Å². The summed E-state index contributed by atoms with van der Waals surface area (Å²) in [6, 6.07) is 33.0. The van der Waals surface area contributed by atoms with Crippen molar-refractivity contribution in [2.45, 2.75) is 56.0 Å². The minimum absolute atomic E-state index is 0.000688. The molecule has 1 amide bonds. The van der Waals surface area contributed by atoms with Gasteiger partial charge in [-0.05, 0) is 103 Å². The summed E-state index contributed by atoms with van der Waals surface area (Å²) in [4.78, 5) is 25.2. The molecule has 316 valence electrons. The van der Waals surface area contributed by atoms with Gasteiger partial charge in [0.25, 0.3) is 0 Å². The maximum Gasteiger partial charge on any atom is 0.336 e. The summed E-state index contributed by atoms with van der Waals surface area (Å²) in [5.41, 5.74) is 7.25. The zero-order chi connectivity index (χ0) is 42.3. The third-order valence-corrected chi connectivity index (χ3v) is 11.9. The lowest BCUT2D eigenvalue weighted by atomic mass is 9.80. The van der Waals surface area contributed by atoms with Gasteiger partial charge in [-0.2, -0.15) is 0 Å². The molecule has 0 unspecified atom stereocenters. The molecule has 0 bridgehead atoms. The van der Waals surface area contributed by atoms with Crippen LogP contribution in [0.15, 0.2) is 103 Å². The number of fused-ring (bicyclic) bond motifs is 2. The normalized spacial score (nSPS) is 17.0. The number of hydrogen-bond donors (Lipinski definition) is 8.